The van der Waals surface area contributed by atoms with Gasteiger partial charge in [0.15, 0.2) is 11.6 Å². The molecule has 0 radical (unpaired) electrons. The standard InChI is InChI=1S/C19H21ClF2N2O2/c1-12(13-4-6-15(21)16(22)10-13)24(2)9-8-19(25)23-17-11-14(20)5-7-18(17)26-3/h4-7,10-12H,8-9H2,1-3H3,(H,23,25). The smallest absolute Gasteiger partial charge is 0.225 e. The lowest BCUT2D eigenvalue weighted by molar-refractivity contribution is -0.116. The van der Waals surface area contributed by atoms with Gasteiger partial charge in [-0.15, -0.1) is 0 Å². The lowest BCUT2D eigenvalue weighted by Crippen LogP contribution is -2.27. The molecular formula is C19H21ClF2N2O2. The normalized spacial score (nSPS) is 12.1. The molecule has 0 aliphatic carbocycles. The van der Waals surface area contributed by atoms with Crippen molar-refractivity contribution in [3.63, 3.8) is 0 Å². The van der Waals surface area contributed by atoms with Crippen LogP contribution >= 0.6 is 11.6 Å². The van der Waals surface area contributed by atoms with Gasteiger partial charge in [0.05, 0.1) is 12.8 Å². The molecule has 1 atom stereocenters. The number of hydrogen-bond acceptors (Lipinski definition) is 3. The van der Waals surface area contributed by atoms with Gasteiger partial charge in [0.1, 0.15) is 5.75 Å². The van der Waals surface area contributed by atoms with E-state index in [9.17, 15) is 13.6 Å². The van der Waals surface area contributed by atoms with E-state index in [0.717, 1.165) is 6.07 Å². The fourth-order valence-electron chi connectivity index (χ4n) is 2.49. The molecule has 0 fully saturated rings. The number of anilines is 1. The van der Waals surface area contributed by atoms with E-state index in [1.54, 1.807) is 18.2 Å². The monoisotopic (exact) mass is 382 g/mol. The van der Waals surface area contributed by atoms with Crippen molar-refractivity contribution in [3.05, 3.63) is 58.6 Å². The Kier molecular flexibility index (Phi) is 6.94. The Morgan fingerprint density at radius 3 is 2.62 bits per heavy atom. The number of methoxy groups -OCH3 is 1. The van der Waals surface area contributed by atoms with Crippen molar-refractivity contribution < 1.29 is 18.3 Å². The van der Waals surface area contributed by atoms with Crippen LogP contribution in [-0.2, 0) is 4.79 Å². The van der Waals surface area contributed by atoms with Crippen LogP contribution in [0.25, 0.3) is 0 Å². The zero-order valence-electron chi connectivity index (χ0n) is 14.9. The molecule has 1 unspecified atom stereocenters. The number of amides is 1. The summed E-state index contributed by atoms with van der Waals surface area (Å²) in [6, 6.07) is 8.62. The van der Waals surface area contributed by atoms with Gasteiger partial charge in [0.2, 0.25) is 5.91 Å². The van der Waals surface area contributed by atoms with Gasteiger partial charge in [-0.2, -0.15) is 0 Å². The summed E-state index contributed by atoms with van der Waals surface area (Å²) >= 11 is 5.95. The van der Waals surface area contributed by atoms with Crippen molar-refractivity contribution >= 4 is 23.2 Å². The summed E-state index contributed by atoms with van der Waals surface area (Å²) in [7, 11) is 3.33. The molecule has 0 bridgehead atoms. The average molecular weight is 383 g/mol. The number of carbonyl (C=O) groups excluding carboxylic acids is 1. The van der Waals surface area contributed by atoms with Crippen LogP contribution < -0.4 is 10.1 Å². The van der Waals surface area contributed by atoms with E-state index in [0.29, 0.717) is 28.6 Å². The maximum Gasteiger partial charge on any atom is 0.225 e. The highest BCUT2D eigenvalue weighted by Gasteiger charge is 2.16. The molecule has 26 heavy (non-hydrogen) atoms. The summed E-state index contributed by atoms with van der Waals surface area (Å²) in [5, 5.41) is 3.26. The third-order valence-corrected chi connectivity index (χ3v) is 4.45. The maximum absolute atomic E-state index is 13.4. The van der Waals surface area contributed by atoms with E-state index >= 15 is 0 Å². The third-order valence-electron chi connectivity index (χ3n) is 4.21. The zero-order valence-corrected chi connectivity index (χ0v) is 15.6. The van der Waals surface area contributed by atoms with Crippen LogP contribution in [0.1, 0.15) is 24.9 Å². The number of rotatable bonds is 7. The molecule has 1 amide bonds. The molecule has 0 saturated carbocycles. The lowest BCUT2D eigenvalue weighted by atomic mass is 10.1. The molecule has 0 aliphatic heterocycles. The van der Waals surface area contributed by atoms with Crippen LogP contribution in [0.2, 0.25) is 5.02 Å². The minimum Gasteiger partial charge on any atom is -0.495 e. The van der Waals surface area contributed by atoms with E-state index < -0.39 is 11.6 Å². The summed E-state index contributed by atoms with van der Waals surface area (Å²) in [5.74, 6) is -1.44. The Labute approximate surface area is 156 Å². The van der Waals surface area contributed by atoms with Gasteiger partial charge in [-0.25, -0.2) is 8.78 Å². The van der Waals surface area contributed by atoms with Crippen LogP contribution in [0, 0.1) is 11.6 Å². The van der Waals surface area contributed by atoms with Crippen molar-refractivity contribution in [2.45, 2.75) is 19.4 Å². The number of nitrogens with zero attached hydrogens (tertiary/aromatic N) is 1. The second-order valence-electron chi connectivity index (χ2n) is 5.97. The third kappa shape index (κ3) is 5.16. The summed E-state index contributed by atoms with van der Waals surface area (Å²) < 4.78 is 31.6. The molecule has 2 rings (SSSR count). The summed E-state index contributed by atoms with van der Waals surface area (Å²) in [6.07, 6.45) is 0.222. The van der Waals surface area contributed by atoms with E-state index in [2.05, 4.69) is 5.32 Å². The molecule has 0 heterocycles. The maximum atomic E-state index is 13.4. The first-order valence-corrected chi connectivity index (χ1v) is 8.48. The highest BCUT2D eigenvalue weighted by Crippen LogP contribution is 2.28. The Balaban J connectivity index is 1.94. The van der Waals surface area contributed by atoms with Gasteiger partial charge < -0.3 is 10.1 Å². The quantitative estimate of drug-likeness (QED) is 0.758. The van der Waals surface area contributed by atoms with Gasteiger partial charge in [-0.1, -0.05) is 17.7 Å². The largest absolute Gasteiger partial charge is 0.495 e. The average Bonchev–Trinajstić information content (AvgIpc) is 2.61. The van der Waals surface area contributed by atoms with Crippen molar-refractivity contribution in [1.82, 2.24) is 4.90 Å². The van der Waals surface area contributed by atoms with Crippen LogP contribution in [0.15, 0.2) is 36.4 Å². The lowest BCUT2D eigenvalue weighted by Gasteiger charge is -2.25. The molecule has 4 nitrogen and oxygen atoms in total. The van der Waals surface area contributed by atoms with Gasteiger partial charge in [0, 0.05) is 24.0 Å². The first-order chi connectivity index (χ1) is 12.3. The van der Waals surface area contributed by atoms with Crippen molar-refractivity contribution in [3.8, 4) is 5.75 Å². The van der Waals surface area contributed by atoms with Crippen molar-refractivity contribution in [2.75, 3.05) is 26.0 Å². The second kappa shape index (κ2) is 8.96. The Bertz CT molecular complexity index is 786. The molecule has 0 aromatic heterocycles. The van der Waals surface area contributed by atoms with Gasteiger partial charge in [-0.05, 0) is 49.9 Å². The van der Waals surface area contributed by atoms with E-state index in [1.165, 1.54) is 19.2 Å². The molecule has 2 aromatic carbocycles. The number of ether oxygens (including phenoxy) is 1. The predicted octanol–water partition coefficient (Wildman–Crippen LogP) is 4.65. The van der Waals surface area contributed by atoms with Crippen LogP contribution in [0.4, 0.5) is 14.5 Å². The Morgan fingerprint density at radius 2 is 1.96 bits per heavy atom. The summed E-state index contributed by atoms with van der Waals surface area (Å²) in [4.78, 5) is 14.1. The van der Waals surface area contributed by atoms with Gasteiger partial charge in [-0.3, -0.25) is 9.69 Å². The van der Waals surface area contributed by atoms with Crippen LogP contribution in [0.5, 0.6) is 5.75 Å². The number of hydrogen-bond donors (Lipinski definition) is 1. The number of benzene rings is 2. The minimum absolute atomic E-state index is 0.168. The number of carbonyl (C=O) groups is 1. The predicted molar refractivity (Wildman–Crippen MR) is 98.7 cm³/mol. The number of nitrogens with one attached hydrogen (secondary N) is 1. The second-order valence-corrected chi connectivity index (χ2v) is 6.41. The fraction of sp³-hybridized carbons (Fsp3) is 0.316. The van der Waals surface area contributed by atoms with Gasteiger partial charge in [0.25, 0.3) is 0 Å². The molecule has 140 valence electrons. The molecular weight excluding hydrogens is 362 g/mol. The summed E-state index contributed by atoms with van der Waals surface area (Å²) in [5.41, 5.74) is 1.14. The Morgan fingerprint density at radius 1 is 1.23 bits per heavy atom. The molecule has 2 aromatic rings. The molecule has 1 N–H and O–H groups in total. The Hall–Kier alpha value is -2.18. The summed E-state index contributed by atoms with van der Waals surface area (Å²) in [6.45, 7) is 2.31. The fourth-order valence-corrected chi connectivity index (χ4v) is 2.66. The molecule has 0 aliphatic rings. The van der Waals surface area contributed by atoms with E-state index in [4.69, 9.17) is 16.3 Å². The zero-order chi connectivity index (χ0) is 19.3. The molecule has 7 heteroatoms. The topological polar surface area (TPSA) is 41.6 Å². The van der Waals surface area contributed by atoms with E-state index in [1.807, 2.05) is 18.9 Å². The first-order valence-electron chi connectivity index (χ1n) is 8.10. The van der Waals surface area contributed by atoms with Crippen LogP contribution in [0.3, 0.4) is 0 Å². The highest BCUT2D eigenvalue weighted by atomic mass is 35.5. The minimum atomic E-state index is -0.881. The van der Waals surface area contributed by atoms with Crippen molar-refractivity contribution in [2.24, 2.45) is 0 Å². The number of halogens is 3. The van der Waals surface area contributed by atoms with Crippen LogP contribution in [-0.4, -0.2) is 31.5 Å². The van der Waals surface area contributed by atoms with E-state index in [-0.39, 0.29) is 18.4 Å². The first kappa shape index (κ1) is 20.1. The molecule has 0 spiro atoms. The highest BCUT2D eigenvalue weighted by molar-refractivity contribution is 6.31. The molecule has 0 saturated heterocycles. The van der Waals surface area contributed by atoms with Crippen molar-refractivity contribution in [1.29, 1.82) is 0 Å². The van der Waals surface area contributed by atoms with Gasteiger partial charge >= 0.3 is 0 Å². The SMILES string of the molecule is COc1ccc(Cl)cc1NC(=O)CCN(C)C(C)c1ccc(F)c(F)c1.